The van der Waals surface area contributed by atoms with Crippen LogP contribution in [0.3, 0.4) is 0 Å². The number of nitrogens with zero attached hydrogens (tertiary/aromatic N) is 1. The van der Waals surface area contributed by atoms with Crippen molar-refractivity contribution in [1.82, 2.24) is 0 Å². The van der Waals surface area contributed by atoms with Crippen molar-refractivity contribution >= 4 is 29.2 Å². The first-order valence-corrected chi connectivity index (χ1v) is 9.94. The second-order valence-corrected chi connectivity index (χ2v) is 8.37. The monoisotopic (exact) mass is 415 g/mol. The van der Waals surface area contributed by atoms with Crippen molar-refractivity contribution in [3.63, 3.8) is 0 Å². The molecule has 1 aliphatic rings. The van der Waals surface area contributed by atoms with Gasteiger partial charge in [-0.3, -0.25) is 4.99 Å². The van der Waals surface area contributed by atoms with Gasteiger partial charge in [-0.15, -0.1) is 0 Å². The van der Waals surface area contributed by atoms with Crippen molar-refractivity contribution < 1.29 is 22.7 Å². The number of rotatable bonds is 3. The van der Waals surface area contributed by atoms with Gasteiger partial charge in [-0.1, -0.05) is 12.1 Å². The molecule has 1 N–H and O–H groups in total. The molecule has 0 radical (unpaired) electrons. The molecule has 1 unspecified atom stereocenters. The summed E-state index contributed by atoms with van der Waals surface area (Å²) in [4.78, 5) is 16.7. The zero-order valence-corrected chi connectivity index (χ0v) is 15.9. The number of hydrogen-bond donors (Lipinski definition) is 1. The van der Waals surface area contributed by atoms with E-state index in [1.54, 1.807) is 30.8 Å². The van der Waals surface area contributed by atoms with E-state index in [1.807, 2.05) is 0 Å². The van der Waals surface area contributed by atoms with Crippen LogP contribution in [0, 0.1) is 6.92 Å². The van der Waals surface area contributed by atoms with E-state index in [0.717, 1.165) is 5.56 Å². The lowest BCUT2D eigenvalue weighted by Gasteiger charge is -2.17. The third kappa shape index (κ3) is 5.10. The zero-order valence-electron chi connectivity index (χ0n) is 14.2. The summed E-state index contributed by atoms with van der Waals surface area (Å²) < 4.78 is 43.0. The average molecular weight is 415 g/mol. The van der Waals surface area contributed by atoms with Gasteiger partial charge in [0, 0.05) is 34.9 Å². The second kappa shape index (κ2) is 8.02. The largest absolute Gasteiger partial charge is 0.507 e. The number of alkyl halides is 3. The summed E-state index contributed by atoms with van der Waals surface area (Å²) in [7, 11) is 0. The number of benzene rings is 1. The Hall–Kier alpha value is -1.87. The molecule has 0 saturated carbocycles. The van der Waals surface area contributed by atoms with E-state index < -0.39 is 11.1 Å². The maximum atomic E-state index is 12.7. The molecule has 27 heavy (non-hydrogen) atoms. The van der Waals surface area contributed by atoms with Crippen LogP contribution in [-0.2, 0) is 0 Å². The number of thioether (sulfide) groups is 2. The Morgan fingerprint density at radius 3 is 2.81 bits per heavy atom. The van der Waals surface area contributed by atoms with E-state index >= 15 is 0 Å². The van der Waals surface area contributed by atoms with E-state index in [4.69, 9.17) is 4.42 Å². The summed E-state index contributed by atoms with van der Waals surface area (Å²) in [5.41, 5.74) is -3.87. The Balaban J connectivity index is 1.90. The molecule has 144 valence electrons. The van der Waals surface area contributed by atoms with Crippen molar-refractivity contribution in [2.45, 2.75) is 29.0 Å². The zero-order chi connectivity index (χ0) is 19.6. The highest BCUT2D eigenvalue weighted by Gasteiger charge is 2.30. The lowest BCUT2D eigenvalue weighted by molar-refractivity contribution is -0.0328. The predicted octanol–water partition coefficient (Wildman–Crippen LogP) is 4.93. The van der Waals surface area contributed by atoms with Crippen LogP contribution in [0.25, 0.3) is 0 Å². The van der Waals surface area contributed by atoms with Crippen LogP contribution < -0.4 is 5.63 Å². The molecule has 0 saturated heterocycles. The van der Waals surface area contributed by atoms with Gasteiger partial charge in [0.25, 0.3) is 0 Å². The number of aryl methyl sites for hydroxylation is 1. The van der Waals surface area contributed by atoms with Crippen LogP contribution in [0.1, 0.15) is 28.6 Å². The molecule has 4 nitrogen and oxygen atoms in total. The Labute approximate surface area is 161 Å². The lowest BCUT2D eigenvalue weighted by Crippen LogP contribution is -2.17. The van der Waals surface area contributed by atoms with E-state index in [1.165, 1.54) is 18.2 Å². The maximum absolute atomic E-state index is 12.7. The van der Waals surface area contributed by atoms with Crippen LogP contribution in [0.2, 0.25) is 0 Å². The molecule has 0 spiro atoms. The fraction of sp³-hybridized carbons (Fsp3) is 0.333. The van der Waals surface area contributed by atoms with Gasteiger partial charge >= 0.3 is 11.1 Å². The molecular weight excluding hydrogens is 399 g/mol. The third-order valence-corrected chi connectivity index (χ3v) is 5.88. The van der Waals surface area contributed by atoms with Crippen LogP contribution in [0.4, 0.5) is 13.2 Å². The van der Waals surface area contributed by atoms with Gasteiger partial charge < -0.3 is 9.52 Å². The molecule has 0 bridgehead atoms. The van der Waals surface area contributed by atoms with Gasteiger partial charge in [0.05, 0.1) is 5.71 Å². The molecule has 2 aromatic rings. The van der Waals surface area contributed by atoms with Crippen LogP contribution in [0.15, 0.2) is 49.4 Å². The molecular formula is C18H16F3NO3S2. The molecule has 1 aromatic carbocycles. The van der Waals surface area contributed by atoms with Gasteiger partial charge in [-0.05, 0) is 36.4 Å². The fourth-order valence-electron chi connectivity index (χ4n) is 2.84. The van der Waals surface area contributed by atoms with E-state index in [0.29, 0.717) is 30.2 Å². The van der Waals surface area contributed by atoms with Crippen LogP contribution in [0.5, 0.6) is 5.75 Å². The molecule has 3 rings (SSSR count). The third-order valence-electron chi connectivity index (χ3n) is 3.90. The highest BCUT2D eigenvalue weighted by molar-refractivity contribution is 8.00. The van der Waals surface area contributed by atoms with Crippen molar-refractivity contribution in [3.8, 4) is 5.75 Å². The second-order valence-electron chi connectivity index (χ2n) is 5.92. The number of hydrogen-bond acceptors (Lipinski definition) is 6. The minimum absolute atomic E-state index is 0.0221. The topological polar surface area (TPSA) is 62.8 Å². The minimum Gasteiger partial charge on any atom is -0.507 e. The van der Waals surface area contributed by atoms with E-state index in [2.05, 4.69) is 4.99 Å². The molecule has 9 heteroatoms. The Bertz CT molecular complexity index is 925. The van der Waals surface area contributed by atoms with Gasteiger partial charge in [-0.2, -0.15) is 24.9 Å². The van der Waals surface area contributed by atoms with Crippen LogP contribution >= 0.6 is 23.5 Å². The minimum atomic E-state index is -4.35. The summed E-state index contributed by atoms with van der Waals surface area (Å²) in [6.07, 6.45) is 0.312. The predicted molar refractivity (Wildman–Crippen MR) is 101 cm³/mol. The van der Waals surface area contributed by atoms with Crippen molar-refractivity contribution in [3.05, 3.63) is 57.6 Å². The molecule has 2 heterocycles. The van der Waals surface area contributed by atoms with E-state index in [9.17, 15) is 23.1 Å². The fourth-order valence-corrected chi connectivity index (χ4v) is 4.55. The summed E-state index contributed by atoms with van der Waals surface area (Å²) in [6.45, 7) is 2.00. The van der Waals surface area contributed by atoms with E-state index in [-0.39, 0.29) is 33.2 Å². The summed E-state index contributed by atoms with van der Waals surface area (Å²) in [6, 6.07) is 7.63. The van der Waals surface area contributed by atoms with Crippen molar-refractivity contribution in [2.24, 2.45) is 4.99 Å². The van der Waals surface area contributed by atoms with Crippen molar-refractivity contribution in [2.75, 3.05) is 12.3 Å². The first kappa shape index (κ1) is 19.9. The van der Waals surface area contributed by atoms with Gasteiger partial charge in [0.1, 0.15) is 17.1 Å². The Morgan fingerprint density at radius 1 is 1.33 bits per heavy atom. The lowest BCUT2D eigenvalue weighted by atomic mass is 10.0. The van der Waals surface area contributed by atoms with Gasteiger partial charge in [0.15, 0.2) is 0 Å². The SMILES string of the molecule is Cc1cc(O)c(C2=NCCSC(c3cccc(SC(F)(F)F)c3)C2)c(=O)o1. The van der Waals surface area contributed by atoms with Crippen molar-refractivity contribution in [1.29, 1.82) is 0 Å². The number of aliphatic imine (C=N–C) groups is 1. The molecule has 0 aliphatic carbocycles. The molecule has 0 fully saturated rings. The maximum Gasteiger partial charge on any atom is 0.446 e. The molecule has 0 amide bonds. The summed E-state index contributed by atoms with van der Waals surface area (Å²) in [5, 5.41) is 9.99. The van der Waals surface area contributed by atoms with Gasteiger partial charge in [-0.25, -0.2) is 4.79 Å². The first-order valence-electron chi connectivity index (χ1n) is 8.07. The number of aromatic hydroxyl groups is 1. The average Bonchev–Trinajstić information content (AvgIpc) is 2.79. The molecule has 1 aromatic heterocycles. The quantitative estimate of drug-likeness (QED) is 0.720. The van der Waals surface area contributed by atoms with Crippen LogP contribution in [-0.4, -0.2) is 28.6 Å². The smallest absolute Gasteiger partial charge is 0.446 e. The highest BCUT2D eigenvalue weighted by atomic mass is 32.2. The Kier molecular flexibility index (Phi) is 5.90. The molecule has 1 aliphatic heterocycles. The summed E-state index contributed by atoms with van der Waals surface area (Å²) >= 11 is 1.40. The normalized spacial score (nSPS) is 18.1. The number of halogens is 3. The first-order chi connectivity index (χ1) is 12.7. The highest BCUT2D eigenvalue weighted by Crippen LogP contribution is 2.41. The standard InChI is InChI=1S/C18H16F3NO3S2/c1-10-7-14(23)16(17(24)25-10)13-9-15(26-6-5-22-13)11-3-2-4-12(8-11)27-18(19,20)21/h2-4,7-8,15,23H,5-6,9H2,1H3. The Morgan fingerprint density at radius 2 is 2.11 bits per heavy atom. The summed E-state index contributed by atoms with van der Waals surface area (Å²) in [5.74, 6) is 0.746. The van der Waals surface area contributed by atoms with Gasteiger partial charge in [0.2, 0.25) is 0 Å². The molecule has 1 atom stereocenters.